The maximum absolute atomic E-state index is 4.38. The van der Waals surface area contributed by atoms with Gasteiger partial charge in [-0.2, -0.15) is 0 Å². The van der Waals surface area contributed by atoms with Crippen LogP contribution in [0.3, 0.4) is 0 Å². The fourth-order valence-corrected chi connectivity index (χ4v) is 3.85. The van der Waals surface area contributed by atoms with Crippen molar-refractivity contribution < 1.29 is 0 Å². The second-order valence-corrected chi connectivity index (χ2v) is 8.48. The highest BCUT2D eigenvalue weighted by Crippen LogP contribution is 2.28. The van der Waals surface area contributed by atoms with E-state index in [9.17, 15) is 0 Å². The fraction of sp³-hybridized carbons (Fsp3) is 0.120. The van der Waals surface area contributed by atoms with Gasteiger partial charge in [0.2, 0.25) is 0 Å². The maximum Gasteiger partial charge on any atom is 0.135 e. The number of nitrogens with one attached hydrogen (secondary N) is 3. The first-order valence-electron chi connectivity index (χ1n) is 10.3. The number of anilines is 5. The first-order chi connectivity index (χ1) is 15.6. The summed E-state index contributed by atoms with van der Waals surface area (Å²) in [4.78, 5) is 12.0. The zero-order valence-corrected chi connectivity index (χ0v) is 19.1. The van der Waals surface area contributed by atoms with Crippen LogP contribution in [-0.2, 0) is 0 Å². The minimum Gasteiger partial charge on any atom is -0.378 e. The molecule has 0 aliphatic rings. The molecule has 0 spiro atoms. The predicted molar refractivity (Wildman–Crippen MR) is 136 cm³/mol. The Morgan fingerprint density at radius 1 is 0.719 bits per heavy atom. The standard InChI is InChI=1S/C25H26N6S/c1-26-32-23-12-6-10-21(15-23)30-25-16-24(27-17-28-25)29-20-9-4-7-18(13-20)19-8-5-11-22(14-19)31(2)3/h4-17,26H,1-3H3,(H2,27,28,29,30). The minimum absolute atomic E-state index is 0.724. The summed E-state index contributed by atoms with van der Waals surface area (Å²) >= 11 is 1.57. The molecule has 162 valence electrons. The Kier molecular flexibility index (Phi) is 6.89. The van der Waals surface area contributed by atoms with Crippen molar-refractivity contribution in [1.82, 2.24) is 14.7 Å². The quantitative estimate of drug-likeness (QED) is 0.293. The van der Waals surface area contributed by atoms with Gasteiger partial charge in [-0.15, -0.1) is 0 Å². The van der Waals surface area contributed by atoms with Crippen molar-refractivity contribution in [2.75, 3.05) is 36.7 Å². The number of benzene rings is 3. The average molecular weight is 443 g/mol. The molecule has 1 aromatic heterocycles. The Balaban J connectivity index is 1.51. The van der Waals surface area contributed by atoms with E-state index < -0.39 is 0 Å². The molecule has 0 unspecified atom stereocenters. The SMILES string of the molecule is CNSc1cccc(Nc2cc(Nc3cccc(-c4cccc(N(C)C)c4)c3)ncn2)c1. The Labute approximate surface area is 193 Å². The van der Waals surface area contributed by atoms with Crippen molar-refractivity contribution in [3.8, 4) is 11.1 Å². The van der Waals surface area contributed by atoms with Gasteiger partial charge in [-0.3, -0.25) is 4.72 Å². The lowest BCUT2D eigenvalue weighted by atomic mass is 10.0. The van der Waals surface area contributed by atoms with Gasteiger partial charge in [-0.05, 0) is 72.6 Å². The van der Waals surface area contributed by atoms with Crippen molar-refractivity contribution >= 4 is 40.6 Å². The molecule has 4 rings (SSSR count). The number of rotatable bonds is 8. The first-order valence-corrected chi connectivity index (χ1v) is 11.1. The predicted octanol–water partition coefficient (Wildman–Crippen LogP) is 5.92. The summed E-state index contributed by atoms with van der Waals surface area (Å²) in [6.45, 7) is 0. The molecule has 7 heteroatoms. The van der Waals surface area contributed by atoms with Crippen LogP contribution in [0.2, 0.25) is 0 Å². The molecule has 3 N–H and O–H groups in total. The van der Waals surface area contributed by atoms with Gasteiger partial charge in [0.15, 0.2) is 0 Å². The molecule has 6 nitrogen and oxygen atoms in total. The lowest BCUT2D eigenvalue weighted by Gasteiger charge is -2.14. The first kappa shape index (κ1) is 21.7. The van der Waals surface area contributed by atoms with Crippen LogP contribution < -0.4 is 20.3 Å². The molecule has 4 aromatic rings. The van der Waals surface area contributed by atoms with Crippen LogP contribution in [0.15, 0.2) is 90.1 Å². The largest absolute Gasteiger partial charge is 0.378 e. The van der Waals surface area contributed by atoms with Crippen molar-refractivity contribution in [3.63, 3.8) is 0 Å². The van der Waals surface area contributed by atoms with E-state index in [2.05, 4.69) is 78.8 Å². The molecule has 0 saturated carbocycles. The van der Waals surface area contributed by atoms with E-state index in [-0.39, 0.29) is 0 Å². The molecule has 1 heterocycles. The number of nitrogens with zero attached hydrogens (tertiary/aromatic N) is 3. The lowest BCUT2D eigenvalue weighted by Crippen LogP contribution is -2.08. The Morgan fingerprint density at radius 3 is 2.03 bits per heavy atom. The Morgan fingerprint density at radius 2 is 1.34 bits per heavy atom. The van der Waals surface area contributed by atoms with Crippen molar-refractivity contribution in [2.24, 2.45) is 0 Å². The highest BCUT2D eigenvalue weighted by atomic mass is 32.2. The number of hydrogen-bond acceptors (Lipinski definition) is 7. The van der Waals surface area contributed by atoms with Gasteiger partial charge in [0.1, 0.15) is 18.0 Å². The van der Waals surface area contributed by atoms with E-state index in [1.54, 1.807) is 18.3 Å². The van der Waals surface area contributed by atoms with Crippen LogP contribution in [0.5, 0.6) is 0 Å². The molecule has 0 radical (unpaired) electrons. The zero-order valence-electron chi connectivity index (χ0n) is 18.3. The zero-order chi connectivity index (χ0) is 22.3. The van der Waals surface area contributed by atoms with E-state index in [0.29, 0.717) is 0 Å². The molecule has 0 fully saturated rings. The van der Waals surface area contributed by atoms with Gasteiger partial charge in [-0.25, -0.2) is 9.97 Å². The normalized spacial score (nSPS) is 10.6. The van der Waals surface area contributed by atoms with E-state index in [0.717, 1.165) is 33.5 Å². The smallest absolute Gasteiger partial charge is 0.135 e. The van der Waals surface area contributed by atoms with Gasteiger partial charge in [0.05, 0.1) is 0 Å². The van der Waals surface area contributed by atoms with Crippen LogP contribution in [0.1, 0.15) is 0 Å². The molecule has 0 aliphatic carbocycles. The molecule has 0 atom stereocenters. The number of hydrogen-bond donors (Lipinski definition) is 3. The van der Waals surface area contributed by atoms with E-state index in [1.165, 1.54) is 11.3 Å². The van der Waals surface area contributed by atoms with Crippen molar-refractivity contribution in [1.29, 1.82) is 0 Å². The molecule has 3 aromatic carbocycles. The molecule has 0 amide bonds. The van der Waals surface area contributed by atoms with Gasteiger partial charge in [-0.1, -0.05) is 30.3 Å². The molecule has 32 heavy (non-hydrogen) atoms. The van der Waals surface area contributed by atoms with Gasteiger partial charge in [0, 0.05) is 42.1 Å². The summed E-state index contributed by atoms with van der Waals surface area (Å²) in [7, 11) is 6.00. The summed E-state index contributed by atoms with van der Waals surface area (Å²) in [6, 6.07) is 26.9. The highest BCUT2D eigenvalue weighted by molar-refractivity contribution is 7.97. The summed E-state index contributed by atoms with van der Waals surface area (Å²) in [6.07, 6.45) is 1.56. The van der Waals surface area contributed by atoms with Crippen LogP contribution in [0.4, 0.5) is 28.7 Å². The fourth-order valence-electron chi connectivity index (χ4n) is 3.29. The van der Waals surface area contributed by atoms with Crippen LogP contribution >= 0.6 is 11.9 Å². The summed E-state index contributed by atoms with van der Waals surface area (Å²) in [5.74, 6) is 1.45. The third-order valence-corrected chi connectivity index (χ3v) is 5.52. The Bertz CT molecular complexity index is 1190. The lowest BCUT2D eigenvalue weighted by molar-refractivity contribution is 1.13. The van der Waals surface area contributed by atoms with E-state index in [1.807, 2.05) is 51.5 Å². The van der Waals surface area contributed by atoms with Gasteiger partial charge >= 0.3 is 0 Å². The van der Waals surface area contributed by atoms with E-state index in [4.69, 9.17) is 0 Å². The third-order valence-electron chi connectivity index (χ3n) is 4.82. The number of aromatic nitrogens is 2. The molecular weight excluding hydrogens is 416 g/mol. The summed E-state index contributed by atoms with van der Waals surface area (Å²) in [5.41, 5.74) is 5.42. The monoisotopic (exact) mass is 442 g/mol. The van der Waals surface area contributed by atoms with Crippen molar-refractivity contribution in [2.45, 2.75) is 4.90 Å². The second kappa shape index (κ2) is 10.2. The minimum atomic E-state index is 0.724. The van der Waals surface area contributed by atoms with Gasteiger partial charge < -0.3 is 15.5 Å². The molecule has 0 saturated heterocycles. The second-order valence-electron chi connectivity index (χ2n) is 7.40. The summed E-state index contributed by atoms with van der Waals surface area (Å²) in [5, 5.41) is 6.74. The van der Waals surface area contributed by atoms with Gasteiger partial charge in [0.25, 0.3) is 0 Å². The molecule has 0 bridgehead atoms. The topological polar surface area (TPSA) is 65.1 Å². The van der Waals surface area contributed by atoms with Crippen LogP contribution in [0, 0.1) is 0 Å². The molecular formula is C25H26N6S. The highest BCUT2D eigenvalue weighted by Gasteiger charge is 2.05. The summed E-state index contributed by atoms with van der Waals surface area (Å²) < 4.78 is 3.09. The maximum atomic E-state index is 4.38. The van der Waals surface area contributed by atoms with E-state index >= 15 is 0 Å². The third kappa shape index (κ3) is 5.57. The Hall–Kier alpha value is -3.55. The average Bonchev–Trinajstić information content (AvgIpc) is 2.80. The van der Waals surface area contributed by atoms with Crippen LogP contribution in [0.25, 0.3) is 11.1 Å². The van der Waals surface area contributed by atoms with Crippen LogP contribution in [-0.4, -0.2) is 31.1 Å². The van der Waals surface area contributed by atoms with Crippen molar-refractivity contribution in [3.05, 3.63) is 85.2 Å². The molecule has 0 aliphatic heterocycles.